The number of amides is 1. The van der Waals surface area contributed by atoms with E-state index in [1.165, 1.54) is 6.92 Å². The monoisotopic (exact) mass is 303 g/mol. The Bertz CT molecular complexity index is 368. The van der Waals surface area contributed by atoms with Gasteiger partial charge in [0.15, 0.2) is 0 Å². The van der Waals surface area contributed by atoms with Gasteiger partial charge in [-0.3, -0.25) is 9.59 Å². The second-order valence-electron chi connectivity index (χ2n) is 5.43. The van der Waals surface area contributed by atoms with Gasteiger partial charge in [-0.2, -0.15) is 0 Å². The minimum Gasteiger partial charge on any atom is -0.480 e. The van der Waals surface area contributed by atoms with E-state index < -0.39 is 35.9 Å². The number of ether oxygens (including phenoxy) is 1. The number of carboxylic acids is 1. The quantitative estimate of drug-likeness (QED) is 0.536. The normalized spacial score (nSPS) is 15.1. The molecule has 7 heteroatoms. The Balaban J connectivity index is 4.59. The minimum absolute atomic E-state index is 0.0890. The molecule has 0 fully saturated rings. The van der Waals surface area contributed by atoms with E-state index in [0.717, 1.165) is 0 Å². The fourth-order valence-electron chi connectivity index (χ4n) is 1.78. The third kappa shape index (κ3) is 7.65. The molecule has 0 aliphatic carbocycles. The molecule has 0 bridgehead atoms. The van der Waals surface area contributed by atoms with Crippen LogP contribution in [0.15, 0.2) is 0 Å². The van der Waals surface area contributed by atoms with E-state index in [1.54, 1.807) is 6.92 Å². The molecule has 1 amide bonds. The SMILES string of the molecule is CCOC(=O)[C@@H](C)C[C@@H](NC(=O)[C@H](O)CC(C)C)C(=O)O. The molecule has 0 heterocycles. The van der Waals surface area contributed by atoms with E-state index in [2.05, 4.69) is 5.32 Å². The van der Waals surface area contributed by atoms with Gasteiger partial charge in [0, 0.05) is 0 Å². The Labute approximate surface area is 124 Å². The fourth-order valence-corrected chi connectivity index (χ4v) is 1.78. The summed E-state index contributed by atoms with van der Waals surface area (Å²) >= 11 is 0. The summed E-state index contributed by atoms with van der Waals surface area (Å²) in [7, 11) is 0. The second-order valence-corrected chi connectivity index (χ2v) is 5.43. The summed E-state index contributed by atoms with van der Waals surface area (Å²) in [6.45, 7) is 7.08. The molecule has 0 unspecified atom stereocenters. The van der Waals surface area contributed by atoms with Crippen molar-refractivity contribution in [1.29, 1.82) is 0 Å². The van der Waals surface area contributed by atoms with Crippen LogP contribution in [0.1, 0.15) is 40.5 Å². The highest BCUT2D eigenvalue weighted by Gasteiger charge is 2.28. The highest BCUT2D eigenvalue weighted by Crippen LogP contribution is 2.10. The van der Waals surface area contributed by atoms with Gasteiger partial charge in [0.05, 0.1) is 12.5 Å². The summed E-state index contributed by atoms with van der Waals surface area (Å²) in [6, 6.07) is -1.24. The van der Waals surface area contributed by atoms with Crippen LogP contribution in [0.2, 0.25) is 0 Å². The molecule has 0 saturated heterocycles. The van der Waals surface area contributed by atoms with Crippen LogP contribution >= 0.6 is 0 Å². The molecular formula is C14H25NO6. The van der Waals surface area contributed by atoms with Gasteiger partial charge >= 0.3 is 11.9 Å². The number of carboxylic acid groups (broad SMARTS) is 1. The maximum absolute atomic E-state index is 11.7. The van der Waals surface area contributed by atoms with E-state index in [0.29, 0.717) is 0 Å². The lowest BCUT2D eigenvalue weighted by molar-refractivity contribution is -0.149. The number of esters is 1. The molecule has 0 aromatic heterocycles. The summed E-state index contributed by atoms with van der Waals surface area (Å²) < 4.78 is 4.80. The number of carbonyl (C=O) groups excluding carboxylic acids is 2. The Morgan fingerprint density at radius 3 is 2.14 bits per heavy atom. The zero-order valence-corrected chi connectivity index (χ0v) is 13.0. The van der Waals surface area contributed by atoms with Crippen LogP contribution in [0.5, 0.6) is 0 Å². The van der Waals surface area contributed by atoms with Gasteiger partial charge in [0.2, 0.25) is 5.91 Å². The third-order valence-corrected chi connectivity index (χ3v) is 2.89. The van der Waals surface area contributed by atoms with Crippen molar-refractivity contribution in [3.05, 3.63) is 0 Å². The highest BCUT2D eigenvalue weighted by molar-refractivity contribution is 5.86. The number of aliphatic carboxylic acids is 1. The molecule has 0 rings (SSSR count). The van der Waals surface area contributed by atoms with Crippen LogP contribution in [0.25, 0.3) is 0 Å². The molecule has 0 aliphatic heterocycles. The van der Waals surface area contributed by atoms with Crippen LogP contribution in [0, 0.1) is 11.8 Å². The zero-order chi connectivity index (χ0) is 16.6. The van der Waals surface area contributed by atoms with Crippen LogP contribution in [-0.4, -0.2) is 46.8 Å². The average Bonchev–Trinajstić information content (AvgIpc) is 2.36. The van der Waals surface area contributed by atoms with Crippen molar-refractivity contribution in [1.82, 2.24) is 5.32 Å². The number of hydrogen-bond acceptors (Lipinski definition) is 5. The van der Waals surface area contributed by atoms with Crippen molar-refractivity contribution in [3.8, 4) is 0 Å². The summed E-state index contributed by atoms with van der Waals surface area (Å²) in [6.07, 6.45) is -1.11. The first-order chi connectivity index (χ1) is 9.68. The molecular weight excluding hydrogens is 278 g/mol. The van der Waals surface area contributed by atoms with Crippen molar-refractivity contribution >= 4 is 17.8 Å². The first-order valence-electron chi connectivity index (χ1n) is 7.06. The lowest BCUT2D eigenvalue weighted by atomic mass is 10.0. The van der Waals surface area contributed by atoms with Crippen molar-refractivity contribution in [2.75, 3.05) is 6.61 Å². The molecule has 3 atom stereocenters. The van der Waals surface area contributed by atoms with Gasteiger partial charge in [-0.1, -0.05) is 20.8 Å². The molecule has 21 heavy (non-hydrogen) atoms. The fraction of sp³-hybridized carbons (Fsp3) is 0.786. The van der Waals surface area contributed by atoms with Crippen LogP contribution < -0.4 is 5.32 Å². The van der Waals surface area contributed by atoms with Crippen LogP contribution in [0.3, 0.4) is 0 Å². The third-order valence-electron chi connectivity index (χ3n) is 2.89. The van der Waals surface area contributed by atoms with Crippen molar-refractivity contribution in [3.63, 3.8) is 0 Å². The Morgan fingerprint density at radius 2 is 1.71 bits per heavy atom. The summed E-state index contributed by atoms with van der Waals surface area (Å²) in [5.74, 6) is -3.06. The number of nitrogens with one attached hydrogen (secondary N) is 1. The van der Waals surface area contributed by atoms with Gasteiger partial charge in [0.25, 0.3) is 0 Å². The highest BCUT2D eigenvalue weighted by atomic mass is 16.5. The molecule has 122 valence electrons. The standard InChI is InChI=1S/C14H25NO6/c1-5-21-14(20)9(4)7-10(13(18)19)15-12(17)11(16)6-8(2)3/h8-11,16H,5-7H2,1-4H3,(H,15,17)(H,18,19)/t9-,10+,11+/m0/s1. The first kappa shape index (κ1) is 19.4. The van der Waals surface area contributed by atoms with Crippen molar-refractivity contribution in [2.24, 2.45) is 11.8 Å². The minimum atomic E-state index is -1.26. The van der Waals surface area contributed by atoms with E-state index >= 15 is 0 Å². The maximum atomic E-state index is 11.7. The van der Waals surface area contributed by atoms with Gasteiger partial charge in [-0.05, 0) is 25.7 Å². The second kappa shape index (κ2) is 9.33. The molecule has 0 radical (unpaired) electrons. The summed E-state index contributed by atoms with van der Waals surface area (Å²) in [5, 5.41) is 21.0. The molecule has 0 aliphatic rings. The van der Waals surface area contributed by atoms with E-state index in [4.69, 9.17) is 9.84 Å². The Kier molecular flexibility index (Phi) is 8.61. The number of rotatable bonds is 9. The van der Waals surface area contributed by atoms with Gasteiger partial charge in [-0.25, -0.2) is 4.79 Å². The van der Waals surface area contributed by atoms with Crippen LogP contribution in [-0.2, 0) is 19.1 Å². The number of hydrogen-bond donors (Lipinski definition) is 3. The molecule has 3 N–H and O–H groups in total. The van der Waals surface area contributed by atoms with Gasteiger partial charge in [0.1, 0.15) is 12.1 Å². The number of aliphatic hydroxyl groups is 1. The average molecular weight is 303 g/mol. The smallest absolute Gasteiger partial charge is 0.326 e. The van der Waals surface area contributed by atoms with E-state index in [9.17, 15) is 19.5 Å². The predicted octanol–water partition coefficient (Wildman–Crippen LogP) is 0.552. The lowest BCUT2D eigenvalue weighted by Crippen LogP contribution is -2.47. The molecule has 0 aromatic rings. The Morgan fingerprint density at radius 1 is 1.14 bits per heavy atom. The summed E-state index contributed by atoms with van der Waals surface area (Å²) in [5.41, 5.74) is 0. The van der Waals surface area contributed by atoms with E-state index in [1.807, 2.05) is 13.8 Å². The van der Waals surface area contributed by atoms with Crippen molar-refractivity contribution < 1.29 is 29.3 Å². The zero-order valence-electron chi connectivity index (χ0n) is 13.0. The molecule has 0 aromatic carbocycles. The maximum Gasteiger partial charge on any atom is 0.326 e. The molecule has 0 saturated carbocycles. The first-order valence-corrected chi connectivity index (χ1v) is 7.06. The van der Waals surface area contributed by atoms with Gasteiger partial charge < -0.3 is 20.3 Å². The Hall–Kier alpha value is -1.63. The molecule has 7 nitrogen and oxygen atoms in total. The van der Waals surface area contributed by atoms with E-state index in [-0.39, 0.29) is 25.4 Å². The summed E-state index contributed by atoms with van der Waals surface area (Å²) in [4.78, 5) is 34.4. The topological polar surface area (TPSA) is 113 Å². The van der Waals surface area contributed by atoms with Crippen molar-refractivity contribution in [2.45, 2.75) is 52.7 Å². The lowest BCUT2D eigenvalue weighted by Gasteiger charge is -2.20. The number of carbonyl (C=O) groups is 3. The van der Waals surface area contributed by atoms with Gasteiger partial charge in [-0.15, -0.1) is 0 Å². The van der Waals surface area contributed by atoms with Crippen LogP contribution in [0.4, 0.5) is 0 Å². The number of aliphatic hydroxyl groups excluding tert-OH is 1. The molecule has 0 spiro atoms. The predicted molar refractivity (Wildman–Crippen MR) is 75.4 cm³/mol. The largest absolute Gasteiger partial charge is 0.480 e.